The molecule has 2 N–H and O–H groups in total. The van der Waals surface area contributed by atoms with E-state index in [-0.39, 0.29) is 6.04 Å². The third-order valence-electron chi connectivity index (χ3n) is 2.93. The summed E-state index contributed by atoms with van der Waals surface area (Å²) in [6.45, 7) is 3.65. The molecule has 0 amide bonds. The number of benzene rings is 1. The zero-order valence-corrected chi connectivity index (χ0v) is 11.5. The van der Waals surface area contributed by atoms with Gasteiger partial charge in [0.2, 0.25) is 0 Å². The Morgan fingerprint density at radius 3 is 2.72 bits per heavy atom. The standard InChI is InChI=1S/C15H25NO2/c1-3-14(16)11-13-7-6-8-15(12-13)18-10-5-4-9-17-2/h6-8,12,14H,3-5,9-11,16H2,1-2H3. The van der Waals surface area contributed by atoms with Crippen LogP contribution in [-0.2, 0) is 11.2 Å². The molecule has 0 aliphatic carbocycles. The monoisotopic (exact) mass is 251 g/mol. The molecule has 1 rings (SSSR count). The van der Waals surface area contributed by atoms with Crippen LogP contribution in [0.1, 0.15) is 31.7 Å². The summed E-state index contributed by atoms with van der Waals surface area (Å²) in [4.78, 5) is 0. The highest BCUT2D eigenvalue weighted by Gasteiger charge is 2.02. The Labute approximate surface area is 110 Å². The summed E-state index contributed by atoms with van der Waals surface area (Å²) in [5.74, 6) is 0.938. The number of nitrogens with two attached hydrogens (primary N) is 1. The van der Waals surface area contributed by atoms with Crippen molar-refractivity contribution in [1.29, 1.82) is 0 Å². The average molecular weight is 251 g/mol. The van der Waals surface area contributed by atoms with Crippen molar-refractivity contribution in [3.05, 3.63) is 29.8 Å². The van der Waals surface area contributed by atoms with E-state index in [1.54, 1.807) is 7.11 Å². The smallest absolute Gasteiger partial charge is 0.119 e. The second-order valence-corrected chi connectivity index (χ2v) is 4.57. The molecule has 0 radical (unpaired) electrons. The first-order valence-electron chi connectivity index (χ1n) is 6.72. The summed E-state index contributed by atoms with van der Waals surface area (Å²) >= 11 is 0. The highest BCUT2D eigenvalue weighted by Crippen LogP contribution is 2.15. The number of hydrogen-bond acceptors (Lipinski definition) is 3. The fourth-order valence-corrected chi connectivity index (χ4v) is 1.75. The first-order valence-corrected chi connectivity index (χ1v) is 6.72. The second-order valence-electron chi connectivity index (χ2n) is 4.57. The molecule has 1 unspecified atom stereocenters. The summed E-state index contributed by atoms with van der Waals surface area (Å²) in [5.41, 5.74) is 7.20. The molecule has 0 fully saturated rings. The van der Waals surface area contributed by atoms with Crippen LogP contribution in [0.5, 0.6) is 5.75 Å². The SMILES string of the molecule is CCC(N)Cc1cccc(OCCCCOC)c1. The fraction of sp³-hybridized carbons (Fsp3) is 0.600. The van der Waals surface area contributed by atoms with Gasteiger partial charge in [0.25, 0.3) is 0 Å². The van der Waals surface area contributed by atoms with Crippen LogP contribution in [0.3, 0.4) is 0 Å². The maximum atomic E-state index is 5.96. The van der Waals surface area contributed by atoms with Crippen LogP contribution in [0.15, 0.2) is 24.3 Å². The summed E-state index contributed by atoms with van der Waals surface area (Å²) in [7, 11) is 1.72. The van der Waals surface area contributed by atoms with E-state index in [1.807, 2.05) is 12.1 Å². The van der Waals surface area contributed by atoms with Gasteiger partial charge in [-0.15, -0.1) is 0 Å². The first kappa shape index (κ1) is 15.0. The Kier molecular flexibility index (Phi) is 7.46. The van der Waals surface area contributed by atoms with Crippen molar-refractivity contribution in [3.63, 3.8) is 0 Å². The van der Waals surface area contributed by atoms with Gasteiger partial charge in [-0.1, -0.05) is 19.1 Å². The second kappa shape index (κ2) is 8.95. The van der Waals surface area contributed by atoms with Crippen molar-refractivity contribution in [2.75, 3.05) is 20.3 Å². The molecule has 0 spiro atoms. The van der Waals surface area contributed by atoms with Gasteiger partial charge in [0.1, 0.15) is 5.75 Å². The van der Waals surface area contributed by atoms with Gasteiger partial charge >= 0.3 is 0 Å². The molecule has 0 saturated carbocycles. The van der Waals surface area contributed by atoms with Crippen molar-refractivity contribution in [2.24, 2.45) is 5.73 Å². The zero-order valence-electron chi connectivity index (χ0n) is 11.5. The quantitative estimate of drug-likeness (QED) is 0.686. The maximum Gasteiger partial charge on any atom is 0.119 e. The van der Waals surface area contributed by atoms with Crippen molar-refractivity contribution < 1.29 is 9.47 Å². The summed E-state index contributed by atoms with van der Waals surface area (Å²) < 4.78 is 10.7. The van der Waals surface area contributed by atoms with Crippen molar-refractivity contribution in [3.8, 4) is 5.75 Å². The van der Waals surface area contributed by atoms with Crippen LogP contribution >= 0.6 is 0 Å². The molecule has 3 heteroatoms. The third-order valence-corrected chi connectivity index (χ3v) is 2.93. The highest BCUT2D eigenvalue weighted by atomic mass is 16.5. The molecule has 1 atom stereocenters. The molecule has 0 aliphatic rings. The minimum Gasteiger partial charge on any atom is -0.494 e. The molecule has 1 aromatic rings. The van der Waals surface area contributed by atoms with E-state index in [2.05, 4.69) is 19.1 Å². The van der Waals surface area contributed by atoms with Crippen molar-refractivity contribution in [2.45, 2.75) is 38.6 Å². The predicted molar refractivity (Wildman–Crippen MR) is 75.0 cm³/mol. The van der Waals surface area contributed by atoms with Gasteiger partial charge in [0.05, 0.1) is 6.61 Å². The molecule has 0 aliphatic heterocycles. The maximum absolute atomic E-state index is 5.96. The van der Waals surface area contributed by atoms with Crippen LogP contribution < -0.4 is 10.5 Å². The van der Waals surface area contributed by atoms with Crippen LogP contribution in [0.25, 0.3) is 0 Å². The third kappa shape index (κ3) is 6.03. The van der Waals surface area contributed by atoms with E-state index in [1.165, 1.54) is 5.56 Å². The normalized spacial score (nSPS) is 12.4. The molecule has 0 aromatic heterocycles. The predicted octanol–water partition coefficient (Wildman–Crippen LogP) is 2.77. The number of methoxy groups -OCH3 is 1. The lowest BCUT2D eigenvalue weighted by Gasteiger charge is -2.11. The van der Waals surface area contributed by atoms with Crippen LogP contribution in [0.2, 0.25) is 0 Å². The summed E-state index contributed by atoms with van der Waals surface area (Å²) in [5, 5.41) is 0. The molecule has 0 heterocycles. The summed E-state index contributed by atoms with van der Waals surface area (Å²) in [6, 6.07) is 8.46. The lowest BCUT2D eigenvalue weighted by atomic mass is 10.0. The van der Waals surface area contributed by atoms with Crippen molar-refractivity contribution in [1.82, 2.24) is 0 Å². The van der Waals surface area contributed by atoms with Gasteiger partial charge in [-0.2, -0.15) is 0 Å². The van der Waals surface area contributed by atoms with Gasteiger partial charge in [0, 0.05) is 19.8 Å². The minimum atomic E-state index is 0.238. The van der Waals surface area contributed by atoms with Crippen LogP contribution in [0, 0.1) is 0 Å². The lowest BCUT2D eigenvalue weighted by Crippen LogP contribution is -2.21. The number of unbranched alkanes of at least 4 members (excludes halogenated alkanes) is 1. The molecule has 0 saturated heterocycles. The molecule has 0 bridgehead atoms. The Morgan fingerprint density at radius 1 is 1.22 bits per heavy atom. The zero-order chi connectivity index (χ0) is 13.2. The first-order chi connectivity index (χ1) is 8.76. The van der Waals surface area contributed by atoms with Crippen LogP contribution in [-0.4, -0.2) is 26.4 Å². The van der Waals surface area contributed by atoms with Crippen LogP contribution in [0.4, 0.5) is 0 Å². The Bertz CT molecular complexity index is 328. The Morgan fingerprint density at radius 2 is 2.00 bits per heavy atom. The van der Waals surface area contributed by atoms with E-state index in [0.717, 1.165) is 44.6 Å². The summed E-state index contributed by atoms with van der Waals surface area (Å²) in [6.07, 6.45) is 3.98. The number of rotatable bonds is 9. The number of ether oxygens (including phenoxy) is 2. The highest BCUT2D eigenvalue weighted by molar-refractivity contribution is 5.29. The largest absolute Gasteiger partial charge is 0.494 e. The van der Waals surface area contributed by atoms with E-state index >= 15 is 0 Å². The van der Waals surface area contributed by atoms with E-state index in [4.69, 9.17) is 15.2 Å². The molecule has 3 nitrogen and oxygen atoms in total. The number of hydrogen-bond donors (Lipinski definition) is 1. The lowest BCUT2D eigenvalue weighted by molar-refractivity contribution is 0.184. The topological polar surface area (TPSA) is 44.5 Å². The Hall–Kier alpha value is -1.06. The van der Waals surface area contributed by atoms with Gasteiger partial charge in [0.15, 0.2) is 0 Å². The Balaban J connectivity index is 2.35. The molecule has 102 valence electrons. The molecule has 1 aromatic carbocycles. The van der Waals surface area contributed by atoms with E-state index in [0.29, 0.717) is 0 Å². The minimum absolute atomic E-state index is 0.238. The molecular formula is C15H25NO2. The molecule has 18 heavy (non-hydrogen) atoms. The van der Waals surface area contributed by atoms with Gasteiger partial charge in [-0.25, -0.2) is 0 Å². The van der Waals surface area contributed by atoms with Crippen molar-refractivity contribution >= 4 is 0 Å². The molecular weight excluding hydrogens is 226 g/mol. The fourth-order valence-electron chi connectivity index (χ4n) is 1.75. The van der Waals surface area contributed by atoms with Gasteiger partial charge in [-0.05, 0) is 43.4 Å². The van der Waals surface area contributed by atoms with Gasteiger partial charge < -0.3 is 15.2 Å². The van der Waals surface area contributed by atoms with E-state index < -0.39 is 0 Å². The average Bonchev–Trinajstić information content (AvgIpc) is 2.39. The van der Waals surface area contributed by atoms with Gasteiger partial charge in [-0.3, -0.25) is 0 Å². The van der Waals surface area contributed by atoms with E-state index in [9.17, 15) is 0 Å².